The molecule has 7 nitrogen and oxygen atoms in total. The van der Waals surface area contributed by atoms with Crippen molar-refractivity contribution in [2.24, 2.45) is 0 Å². The van der Waals surface area contributed by atoms with Crippen molar-refractivity contribution < 1.29 is 19.6 Å². The molecule has 9 heteroatoms. The normalized spacial score (nSPS) is 14.8. The third kappa shape index (κ3) is 4.92. The maximum Gasteiger partial charge on any atom is 0.293 e. The van der Waals surface area contributed by atoms with Crippen LogP contribution in [0.2, 0.25) is 5.02 Å². The van der Waals surface area contributed by atoms with Gasteiger partial charge in [0, 0.05) is 22.2 Å². The Hall–Kier alpha value is -3.62. The average molecular weight is 481 g/mol. The number of phenols is 1. The lowest BCUT2D eigenvalue weighted by atomic mass is 10.0. The molecule has 0 bridgehead atoms. The number of nitro benzene ring substituents is 1. The third-order valence-electron chi connectivity index (χ3n) is 5.12. The fourth-order valence-corrected chi connectivity index (χ4v) is 4.49. The van der Waals surface area contributed by atoms with Crippen molar-refractivity contribution in [3.05, 3.63) is 109 Å². The molecule has 2 amide bonds. The second-order valence-electron chi connectivity index (χ2n) is 7.32. The van der Waals surface area contributed by atoms with Gasteiger partial charge in [0.15, 0.2) is 0 Å². The number of carbonyl (C=O) groups is 2. The summed E-state index contributed by atoms with van der Waals surface area (Å²) < 4.78 is 0. The van der Waals surface area contributed by atoms with E-state index in [1.165, 1.54) is 30.3 Å². The Kier molecular flexibility index (Phi) is 6.48. The molecule has 1 fully saturated rings. The van der Waals surface area contributed by atoms with E-state index in [1.807, 2.05) is 18.2 Å². The van der Waals surface area contributed by atoms with Crippen LogP contribution >= 0.6 is 23.4 Å². The van der Waals surface area contributed by atoms with Gasteiger partial charge in [-0.2, -0.15) is 0 Å². The number of hydrogen-bond donors (Lipinski definition) is 1. The van der Waals surface area contributed by atoms with Gasteiger partial charge >= 0.3 is 0 Å². The molecule has 1 saturated heterocycles. The van der Waals surface area contributed by atoms with E-state index in [2.05, 4.69) is 0 Å². The van der Waals surface area contributed by atoms with E-state index < -0.39 is 16.1 Å². The minimum atomic E-state index is -0.570. The molecule has 0 radical (unpaired) electrons. The Bertz CT molecular complexity index is 1310. The van der Waals surface area contributed by atoms with Crippen LogP contribution in [0.25, 0.3) is 6.08 Å². The summed E-state index contributed by atoms with van der Waals surface area (Å²) in [5.74, 6) is -0.609. The number of aromatic hydroxyl groups is 1. The number of imide groups is 1. The molecular weight excluding hydrogens is 464 g/mol. The Morgan fingerprint density at radius 3 is 2.45 bits per heavy atom. The number of carbonyl (C=O) groups excluding carboxylic acids is 2. The first-order chi connectivity index (χ1) is 15.8. The first-order valence-corrected chi connectivity index (χ1v) is 11.1. The largest absolute Gasteiger partial charge is 0.507 e. The molecule has 0 saturated carbocycles. The van der Waals surface area contributed by atoms with Crippen LogP contribution in [0, 0.1) is 10.1 Å². The lowest BCUT2D eigenvalue weighted by molar-refractivity contribution is -0.385. The Morgan fingerprint density at radius 1 is 1.03 bits per heavy atom. The van der Waals surface area contributed by atoms with E-state index in [0.717, 1.165) is 27.8 Å². The number of thioether (sulfide) groups is 1. The summed E-state index contributed by atoms with van der Waals surface area (Å²) in [5.41, 5.74) is 2.27. The highest BCUT2D eigenvalue weighted by atomic mass is 35.5. The number of benzene rings is 3. The average Bonchev–Trinajstić information content (AvgIpc) is 3.05. The van der Waals surface area contributed by atoms with Crippen molar-refractivity contribution in [3.8, 4) is 5.75 Å². The Labute approximate surface area is 198 Å². The van der Waals surface area contributed by atoms with E-state index >= 15 is 0 Å². The fraction of sp³-hybridized carbons (Fsp3) is 0.0833. The van der Waals surface area contributed by atoms with Crippen molar-refractivity contribution in [2.45, 2.75) is 13.0 Å². The SMILES string of the molecule is O=C1S/C(=C\c2cc(Cc3ccccc3Cl)ccc2O)C(=O)N1Cc1ccccc1[N+](=O)[O-]. The molecule has 33 heavy (non-hydrogen) atoms. The lowest BCUT2D eigenvalue weighted by Crippen LogP contribution is -2.27. The summed E-state index contributed by atoms with van der Waals surface area (Å²) in [6, 6.07) is 18.4. The van der Waals surface area contributed by atoms with Crippen LogP contribution < -0.4 is 0 Å². The maximum absolute atomic E-state index is 12.9. The summed E-state index contributed by atoms with van der Waals surface area (Å²) in [6.07, 6.45) is 1.98. The van der Waals surface area contributed by atoms with Crippen LogP contribution in [0.5, 0.6) is 5.75 Å². The van der Waals surface area contributed by atoms with Crippen molar-refractivity contribution in [3.63, 3.8) is 0 Å². The van der Waals surface area contributed by atoms with Gasteiger partial charge in [0.05, 0.1) is 16.4 Å². The molecule has 3 aromatic rings. The predicted octanol–water partition coefficient (Wildman–Crippen LogP) is 5.78. The number of halogens is 1. The molecule has 3 aromatic carbocycles. The molecule has 0 atom stereocenters. The molecule has 1 aliphatic rings. The highest BCUT2D eigenvalue weighted by Gasteiger charge is 2.36. The van der Waals surface area contributed by atoms with E-state index in [4.69, 9.17) is 11.6 Å². The standard InChI is InChI=1S/C24H17ClN2O5S/c25-19-7-3-1-5-16(19)11-15-9-10-21(28)18(12-15)13-22-23(29)26(24(30)33-22)14-17-6-2-4-8-20(17)27(31)32/h1-10,12-13,28H,11,14H2/b22-13-. The number of nitro groups is 1. The van der Waals surface area contributed by atoms with Gasteiger partial charge in [-0.25, -0.2) is 0 Å². The van der Waals surface area contributed by atoms with Crippen LogP contribution in [-0.2, 0) is 17.8 Å². The van der Waals surface area contributed by atoms with E-state index in [0.29, 0.717) is 17.0 Å². The summed E-state index contributed by atoms with van der Waals surface area (Å²) in [7, 11) is 0. The number of nitrogens with zero attached hydrogens (tertiary/aromatic N) is 2. The molecule has 0 aliphatic carbocycles. The van der Waals surface area contributed by atoms with Crippen molar-refractivity contribution >= 4 is 46.3 Å². The number of amides is 2. The summed E-state index contributed by atoms with van der Waals surface area (Å²) >= 11 is 6.96. The molecule has 1 N–H and O–H groups in total. The van der Waals surface area contributed by atoms with Gasteiger partial charge in [-0.1, -0.05) is 54.1 Å². The molecular formula is C24H17ClN2O5S. The Morgan fingerprint density at radius 2 is 1.73 bits per heavy atom. The molecule has 1 heterocycles. The lowest BCUT2D eigenvalue weighted by Gasteiger charge is -2.12. The molecule has 0 aromatic heterocycles. The predicted molar refractivity (Wildman–Crippen MR) is 127 cm³/mol. The molecule has 0 unspecified atom stereocenters. The van der Waals surface area contributed by atoms with Gasteiger partial charge < -0.3 is 5.11 Å². The van der Waals surface area contributed by atoms with E-state index in [1.54, 1.807) is 24.3 Å². The minimum absolute atomic E-state index is 0.0385. The maximum atomic E-state index is 12.9. The monoisotopic (exact) mass is 480 g/mol. The van der Waals surface area contributed by atoms with Gasteiger partial charge in [0.1, 0.15) is 5.75 Å². The smallest absolute Gasteiger partial charge is 0.293 e. The van der Waals surface area contributed by atoms with Gasteiger partial charge in [0.2, 0.25) is 0 Å². The molecule has 166 valence electrons. The van der Waals surface area contributed by atoms with Gasteiger partial charge in [-0.3, -0.25) is 24.6 Å². The van der Waals surface area contributed by atoms with Crippen LogP contribution in [0.1, 0.15) is 22.3 Å². The van der Waals surface area contributed by atoms with Gasteiger partial charge in [-0.15, -0.1) is 0 Å². The highest BCUT2D eigenvalue weighted by Crippen LogP contribution is 2.36. The zero-order chi connectivity index (χ0) is 23.5. The summed E-state index contributed by atoms with van der Waals surface area (Å²) in [6.45, 7) is -0.211. The number of hydrogen-bond acceptors (Lipinski definition) is 6. The topological polar surface area (TPSA) is 101 Å². The molecule has 1 aliphatic heterocycles. The number of phenolic OH excluding ortho intramolecular Hbond substituents is 1. The van der Waals surface area contributed by atoms with Crippen LogP contribution in [0.4, 0.5) is 10.5 Å². The van der Waals surface area contributed by atoms with E-state index in [-0.39, 0.29) is 28.5 Å². The Balaban J connectivity index is 1.59. The first-order valence-electron chi connectivity index (χ1n) is 9.86. The minimum Gasteiger partial charge on any atom is -0.507 e. The first kappa shape index (κ1) is 22.6. The van der Waals surface area contributed by atoms with Crippen molar-refractivity contribution in [1.82, 2.24) is 4.90 Å². The van der Waals surface area contributed by atoms with Crippen LogP contribution in [0.15, 0.2) is 71.6 Å². The summed E-state index contributed by atoms with van der Waals surface area (Å²) in [4.78, 5) is 37.2. The van der Waals surface area contributed by atoms with E-state index in [9.17, 15) is 24.8 Å². The number of para-hydroxylation sites is 1. The van der Waals surface area contributed by atoms with Gasteiger partial charge in [0.25, 0.3) is 16.8 Å². The summed E-state index contributed by atoms with van der Waals surface area (Å²) in [5, 5.41) is 21.6. The van der Waals surface area contributed by atoms with Crippen LogP contribution in [-0.4, -0.2) is 26.1 Å². The molecule has 4 rings (SSSR count). The highest BCUT2D eigenvalue weighted by molar-refractivity contribution is 8.18. The zero-order valence-electron chi connectivity index (χ0n) is 17.1. The van der Waals surface area contributed by atoms with Crippen LogP contribution in [0.3, 0.4) is 0 Å². The second kappa shape index (κ2) is 9.48. The van der Waals surface area contributed by atoms with Crippen molar-refractivity contribution in [1.29, 1.82) is 0 Å². The molecule has 0 spiro atoms. The second-order valence-corrected chi connectivity index (χ2v) is 8.72. The fourth-order valence-electron chi connectivity index (χ4n) is 3.46. The quantitative estimate of drug-likeness (QED) is 0.272. The third-order valence-corrected chi connectivity index (χ3v) is 6.40. The zero-order valence-corrected chi connectivity index (χ0v) is 18.7. The van der Waals surface area contributed by atoms with Crippen molar-refractivity contribution in [2.75, 3.05) is 0 Å². The van der Waals surface area contributed by atoms with Gasteiger partial charge in [-0.05, 0) is 53.6 Å². The number of rotatable bonds is 6.